The fraction of sp³-hybridized carbons (Fsp3) is 0.720. The maximum atomic E-state index is 14.0. The van der Waals surface area contributed by atoms with Gasteiger partial charge in [-0.3, -0.25) is 4.79 Å². The standard InChI is InChI=1S/C25H37F2N3O4S/c1-17-7-8-23(22(14-17)30-18(2)15-34-16-19(30)3)35(32,33)29-13-5-6-21(29)24(31)28(4)20-9-11-25(26,27)12-10-20/h7-8,14,18-21H,5-6,9-13,15-16H2,1-4H3/t18-,19-,21-/m0/s1. The van der Waals surface area contributed by atoms with Crippen molar-refractivity contribution in [2.24, 2.45) is 0 Å². The number of sulfonamides is 1. The minimum atomic E-state index is -3.98. The van der Waals surface area contributed by atoms with Gasteiger partial charge in [0.25, 0.3) is 0 Å². The van der Waals surface area contributed by atoms with Crippen molar-refractivity contribution in [3.63, 3.8) is 0 Å². The second kappa shape index (κ2) is 9.94. The van der Waals surface area contributed by atoms with Crippen LogP contribution in [0.5, 0.6) is 0 Å². The molecule has 0 bridgehead atoms. The topological polar surface area (TPSA) is 70.2 Å². The summed E-state index contributed by atoms with van der Waals surface area (Å²) in [4.78, 5) is 17.3. The molecule has 35 heavy (non-hydrogen) atoms. The molecule has 3 fully saturated rings. The van der Waals surface area contributed by atoms with Gasteiger partial charge in [0, 0.05) is 44.6 Å². The molecule has 0 aromatic heterocycles. The lowest BCUT2D eigenvalue weighted by atomic mass is 9.91. The summed E-state index contributed by atoms with van der Waals surface area (Å²) in [5, 5.41) is 0. The average molecular weight is 514 g/mol. The molecule has 3 atom stereocenters. The number of alkyl halides is 2. The zero-order chi connectivity index (χ0) is 25.5. The molecule has 196 valence electrons. The summed E-state index contributed by atoms with van der Waals surface area (Å²) in [6.07, 6.45) is 0.969. The van der Waals surface area contributed by atoms with Gasteiger partial charge in [0.05, 0.1) is 18.9 Å². The molecule has 0 spiro atoms. The van der Waals surface area contributed by atoms with Crippen molar-refractivity contribution in [3.05, 3.63) is 23.8 Å². The van der Waals surface area contributed by atoms with E-state index in [-0.39, 0.29) is 61.2 Å². The Morgan fingerprint density at radius 1 is 1.11 bits per heavy atom. The van der Waals surface area contributed by atoms with E-state index in [1.807, 2.05) is 26.8 Å². The number of aryl methyl sites for hydroxylation is 1. The minimum Gasteiger partial charge on any atom is -0.377 e. The number of hydrogen-bond donors (Lipinski definition) is 0. The molecule has 0 radical (unpaired) electrons. The van der Waals surface area contributed by atoms with Crippen LogP contribution in [-0.2, 0) is 19.6 Å². The van der Waals surface area contributed by atoms with Gasteiger partial charge < -0.3 is 14.5 Å². The first-order chi connectivity index (χ1) is 16.4. The number of carbonyl (C=O) groups is 1. The highest BCUT2D eigenvalue weighted by Gasteiger charge is 2.44. The van der Waals surface area contributed by atoms with Gasteiger partial charge in [-0.05, 0) is 64.2 Å². The molecule has 1 amide bonds. The van der Waals surface area contributed by atoms with E-state index in [2.05, 4.69) is 4.90 Å². The van der Waals surface area contributed by atoms with E-state index in [0.717, 1.165) is 5.56 Å². The molecule has 10 heteroatoms. The summed E-state index contributed by atoms with van der Waals surface area (Å²) in [5.41, 5.74) is 1.59. The third kappa shape index (κ3) is 5.20. The van der Waals surface area contributed by atoms with Crippen LogP contribution >= 0.6 is 0 Å². The van der Waals surface area contributed by atoms with Crippen LogP contribution in [-0.4, -0.2) is 80.4 Å². The van der Waals surface area contributed by atoms with Gasteiger partial charge in [-0.25, -0.2) is 17.2 Å². The quantitative estimate of drug-likeness (QED) is 0.599. The minimum absolute atomic E-state index is 0.000991. The molecule has 1 aromatic rings. The van der Waals surface area contributed by atoms with Crippen LogP contribution in [0.4, 0.5) is 14.5 Å². The highest BCUT2D eigenvalue weighted by molar-refractivity contribution is 7.89. The van der Waals surface area contributed by atoms with Crippen LogP contribution in [0.1, 0.15) is 57.9 Å². The Hall–Kier alpha value is -1.78. The Kier molecular flexibility index (Phi) is 7.46. The number of morpholine rings is 1. The molecule has 4 rings (SSSR count). The lowest BCUT2D eigenvalue weighted by Gasteiger charge is -2.42. The Morgan fingerprint density at radius 2 is 1.74 bits per heavy atom. The van der Waals surface area contributed by atoms with Crippen molar-refractivity contribution in [1.82, 2.24) is 9.21 Å². The monoisotopic (exact) mass is 513 g/mol. The molecule has 0 N–H and O–H groups in total. The average Bonchev–Trinajstić information content (AvgIpc) is 3.29. The van der Waals surface area contributed by atoms with Crippen LogP contribution in [0.15, 0.2) is 23.1 Å². The third-order valence-electron chi connectivity index (χ3n) is 7.72. The number of benzene rings is 1. The number of hydrogen-bond acceptors (Lipinski definition) is 5. The van der Waals surface area contributed by atoms with Crippen LogP contribution in [0.25, 0.3) is 0 Å². The third-order valence-corrected chi connectivity index (χ3v) is 9.67. The second-order valence-corrected chi connectivity index (χ2v) is 12.3. The molecule has 1 aliphatic carbocycles. The molecule has 1 aromatic carbocycles. The molecular formula is C25H37F2N3O4S. The van der Waals surface area contributed by atoms with Gasteiger partial charge in [0.15, 0.2) is 0 Å². The maximum Gasteiger partial charge on any atom is 0.248 e. The highest BCUT2D eigenvalue weighted by atomic mass is 32.2. The van der Waals surface area contributed by atoms with Crippen molar-refractivity contribution in [3.8, 4) is 0 Å². The van der Waals surface area contributed by atoms with Crippen LogP contribution < -0.4 is 4.90 Å². The Bertz CT molecular complexity index is 1030. The number of carbonyl (C=O) groups excluding carboxylic acids is 1. The zero-order valence-electron chi connectivity index (χ0n) is 21.0. The molecule has 2 heterocycles. The fourth-order valence-electron chi connectivity index (χ4n) is 5.75. The summed E-state index contributed by atoms with van der Waals surface area (Å²) in [6.45, 7) is 7.23. The second-order valence-electron chi connectivity index (χ2n) is 10.4. The predicted molar refractivity (Wildman–Crippen MR) is 130 cm³/mol. The van der Waals surface area contributed by atoms with E-state index in [0.29, 0.717) is 31.7 Å². The number of anilines is 1. The molecule has 3 aliphatic rings. The predicted octanol–water partition coefficient (Wildman–Crippen LogP) is 3.80. The van der Waals surface area contributed by atoms with Crippen molar-refractivity contribution < 1.29 is 26.7 Å². The molecule has 2 saturated heterocycles. The smallest absolute Gasteiger partial charge is 0.248 e. The molecule has 2 aliphatic heterocycles. The Morgan fingerprint density at radius 3 is 2.37 bits per heavy atom. The number of nitrogens with zero attached hydrogens (tertiary/aromatic N) is 3. The summed E-state index contributed by atoms with van der Waals surface area (Å²) < 4.78 is 62.3. The van der Waals surface area contributed by atoms with Crippen LogP contribution in [0.2, 0.25) is 0 Å². The first-order valence-electron chi connectivity index (χ1n) is 12.6. The summed E-state index contributed by atoms with van der Waals surface area (Å²) >= 11 is 0. The lowest BCUT2D eigenvalue weighted by Crippen LogP contribution is -2.52. The molecule has 7 nitrogen and oxygen atoms in total. The largest absolute Gasteiger partial charge is 0.377 e. The van der Waals surface area contributed by atoms with Gasteiger partial charge in [0.1, 0.15) is 10.9 Å². The fourth-order valence-corrected chi connectivity index (χ4v) is 7.58. The van der Waals surface area contributed by atoms with E-state index in [1.54, 1.807) is 19.2 Å². The number of rotatable bonds is 5. The number of halogens is 2. The Labute approximate surface area is 207 Å². The molecule has 1 saturated carbocycles. The number of likely N-dealkylation sites (N-methyl/N-ethyl adjacent to an activating group) is 1. The van der Waals surface area contributed by atoms with E-state index in [4.69, 9.17) is 4.74 Å². The van der Waals surface area contributed by atoms with Gasteiger partial charge in [0.2, 0.25) is 21.9 Å². The first kappa shape index (κ1) is 26.3. The molecular weight excluding hydrogens is 476 g/mol. The zero-order valence-corrected chi connectivity index (χ0v) is 21.9. The van der Waals surface area contributed by atoms with Crippen molar-refractivity contribution in [1.29, 1.82) is 0 Å². The number of amides is 1. The van der Waals surface area contributed by atoms with Crippen molar-refractivity contribution in [2.75, 3.05) is 31.7 Å². The van der Waals surface area contributed by atoms with Gasteiger partial charge in [-0.2, -0.15) is 4.31 Å². The summed E-state index contributed by atoms with van der Waals surface area (Å²) in [6, 6.07) is 4.21. The van der Waals surface area contributed by atoms with Gasteiger partial charge in [-0.15, -0.1) is 0 Å². The van der Waals surface area contributed by atoms with E-state index >= 15 is 0 Å². The van der Waals surface area contributed by atoms with E-state index < -0.39 is 22.0 Å². The van der Waals surface area contributed by atoms with Crippen molar-refractivity contribution in [2.45, 2.75) is 94.3 Å². The summed E-state index contributed by atoms with van der Waals surface area (Å²) in [5.74, 6) is -2.98. The van der Waals surface area contributed by atoms with E-state index in [9.17, 15) is 22.0 Å². The summed E-state index contributed by atoms with van der Waals surface area (Å²) in [7, 11) is -2.36. The SMILES string of the molecule is Cc1ccc(S(=O)(=O)N2CCC[C@H]2C(=O)N(C)C2CCC(F)(F)CC2)c(N2[C@@H](C)COC[C@@H]2C)c1. The first-order valence-corrected chi connectivity index (χ1v) is 14.0. The van der Waals surface area contributed by atoms with Crippen molar-refractivity contribution >= 4 is 21.6 Å². The number of ether oxygens (including phenoxy) is 1. The van der Waals surface area contributed by atoms with Gasteiger partial charge >= 0.3 is 0 Å². The Balaban J connectivity index is 1.62. The maximum absolute atomic E-state index is 14.0. The van der Waals surface area contributed by atoms with Crippen LogP contribution in [0, 0.1) is 6.92 Å². The van der Waals surface area contributed by atoms with Crippen LogP contribution in [0.3, 0.4) is 0 Å². The molecule has 0 unspecified atom stereocenters. The highest BCUT2D eigenvalue weighted by Crippen LogP contribution is 2.38. The van der Waals surface area contributed by atoms with E-state index in [1.165, 1.54) is 9.21 Å². The lowest BCUT2D eigenvalue weighted by molar-refractivity contribution is -0.138. The normalized spacial score (nSPS) is 28.3. The van der Waals surface area contributed by atoms with Gasteiger partial charge in [-0.1, -0.05) is 6.07 Å².